The Kier molecular flexibility index (Phi) is 4.33. The second-order valence-corrected chi connectivity index (χ2v) is 5.54. The zero-order valence-corrected chi connectivity index (χ0v) is 11.8. The molecular weight excluding hydrogens is 252 g/mol. The molecule has 1 N–H and O–H groups in total. The van der Waals surface area contributed by atoms with Gasteiger partial charge in [0, 0.05) is 25.4 Å². The lowest BCUT2D eigenvalue weighted by atomic mass is 10.0. The molecule has 1 aromatic rings. The fourth-order valence-electron chi connectivity index (χ4n) is 3.03. The van der Waals surface area contributed by atoms with Gasteiger partial charge in [0.05, 0.1) is 12.6 Å². The standard InChI is InChI=1S/C16H22N2O2/c19-16(12-17-11-14-7-4-10-20-14)18-9-3-6-13-5-1-2-8-15(13)18/h1-2,5,8,14,17H,3-4,6-7,9-12H2/t14-/m0/s1. The number of ether oxygens (including phenoxy) is 1. The number of nitrogens with zero attached hydrogens (tertiary/aromatic N) is 1. The Morgan fingerprint density at radius 1 is 1.35 bits per heavy atom. The highest BCUT2D eigenvalue weighted by Crippen LogP contribution is 2.26. The molecule has 1 atom stereocenters. The first kappa shape index (κ1) is 13.6. The van der Waals surface area contributed by atoms with Crippen molar-refractivity contribution in [3.05, 3.63) is 29.8 Å². The summed E-state index contributed by atoms with van der Waals surface area (Å²) >= 11 is 0. The lowest BCUT2D eigenvalue weighted by molar-refractivity contribution is -0.117. The van der Waals surface area contributed by atoms with Crippen LogP contribution in [0.5, 0.6) is 0 Å². The average molecular weight is 274 g/mol. The van der Waals surface area contributed by atoms with Crippen molar-refractivity contribution in [3.63, 3.8) is 0 Å². The molecule has 2 heterocycles. The van der Waals surface area contributed by atoms with E-state index in [1.165, 1.54) is 5.56 Å². The van der Waals surface area contributed by atoms with Gasteiger partial charge in [-0.15, -0.1) is 0 Å². The zero-order chi connectivity index (χ0) is 13.8. The average Bonchev–Trinajstić information content (AvgIpc) is 3.00. The van der Waals surface area contributed by atoms with Gasteiger partial charge in [0.2, 0.25) is 5.91 Å². The van der Waals surface area contributed by atoms with Crippen LogP contribution >= 0.6 is 0 Å². The first-order chi connectivity index (χ1) is 9.84. The molecule has 2 aliphatic heterocycles. The van der Waals surface area contributed by atoms with Gasteiger partial charge in [0.1, 0.15) is 0 Å². The third-order valence-corrected chi connectivity index (χ3v) is 4.08. The molecule has 0 radical (unpaired) electrons. The molecule has 0 aromatic heterocycles. The molecule has 3 rings (SSSR count). The number of hydrogen-bond donors (Lipinski definition) is 1. The lowest BCUT2D eigenvalue weighted by Crippen LogP contribution is -2.42. The monoisotopic (exact) mass is 274 g/mol. The van der Waals surface area contributed by atoms with Gasteiger partial charge < -0.3 is 15.0 Å². The SMILES string of the molecule is O=C(CNC[C@@H]1CCCO1)N1CCCc2ccccc21. The number of hydrogen-bond acceptors (Lipinski definition) is 3. The molecule has 0 bridgehead atoms. The minimum absolute atomic E-state index is 0.162. The van der Waals surface area contributed by atoms with Crippen LogP contribution in [0.1, 0.15) is 24.8 Å². The van der Waals surface area contributed by atoms with Gasteiger partial charge >= 0.3 is 0 Å². The van der Waals surface area contributed by atoms with E-state index in [0.717, 1.165) is 51.1 Å². The summed E-state index contributed by atoms with van der Waals surface area (Å²) in [4.78, 5) is 14.3. The zero-order valence-electron chi connectivity index (χ0n) is 11.8. The molecule has 1 fully saturated rings. The number of benzene rings is 1. The van der Waals surface area contributed by atoms with Crippen LogP contribution in [0.2, 0.25) is 0 Å². The number of carbonyl (C=O) groups is 1. The largest absolute Gasteiger partial charge is 0.377 e. The normalized spacial score (nSPS) is 21.8. The Hall–Kier alpha value is -1.39. The number of anilines is 1. The van der Waals surface area contributed by atoms with Crippen molar-refractivity contribution in [3.8, 4) is 0 Å². The van der Waals surface area contributed by atoms with Crippen LogP contribution in [-0.4, -0.2) is 38.3 Å². The Morgan fingerprint density at radius 3 is 3.10 bits per heavy atom. The van der Waals surface area contributed by atoms with Crippen molar-refractivity contribution in [2.45, 2.75) is 31.8 Å². The fourth-order valence-corrected chi connectivity index (χ4v) is 3.03. The summed E-state index contributed by atoms with van der Waals surface area (Å²) < 4.78 is 5.55. The van der Waals surface area contributed by atoms with E-state index >= 15 is 0 Å². The molecule has 1 saturated heterocycles. The minimum atomic E-state index is 0.162. The van der Waals surface area contributed by atoms with E-state index in [2.05, 4.69) is 11.4 Å². The van der Waals surface area contributed by atoms with Crippen LogP contribution in [0.25, 0.3) is 0 Å². The molecule has 1 amide bonds. The molecule has 4 nitrogen and oxygen atoms in total. The molecule has 20 heavy (non-hydrogen) atoms. The van der Waals surface area contributed by atoms with Crippen molar-refractivity contribution in [2.24, 2.45) is 0 Å². The predicted octanol–water partition coefficient (Wildman–Crippen LogP) is 1.73. The maximum Gasteiger partial charge on any atom is 0.240 e. The summed E-state index contributed by atoms with van der Waals surface area (Å²) in [5.74, 6) is 0.162. The van der Waals surface area contributed by atoms with Crippen LogP contribution in [-0.2, 0) is 16.0 Å². The van der Waals surface area contributed by atoms with Gasteiger partial charge in [-0.2, -0.15) is 0 Å². The minimum Gasteiger partial charge on any atom is -0.377 e. The van der Waals surface area contributed by atoms with Crippen LogP contribution in [0, 0.1) is 0 Å². The topological polar surface area (TPSA) is 41.6 Å². The Labute approximate surface area is 120 Å². The van der Waals surface area contributed by atoms with Crippen LogP contribution < -0.4 is 10.2 Å². The Bertz CT molecular complexity index is 469. The highest BCUT2D eigenvalue weighted by atomic mass is 16.5. The maximum atomic E-state index is 12.4. The van der Waals surface area contributed by atoms with E-state index in [1.54, 1.807) is 0 Å². The Morgan fingerprint density at radius 2 is 2.25 bits per heavy atom. The van der Waals surface area contributed by atoms with Gasteiger partial charge in [-0.3, -0.25) is 4.79 Å². The number of nitrogens with one attached hydrogen (secondary N) is 1. The summed E-state index contributed by atoms with van der Waals surface area (Å²) in [6.45, 7) is 2.87. The van der Waals surface area contributed by atoms with E-state index in [0.29, 0.717) is 6.54 Å². The Balaban J connectivity index is 1.55. The predicted molar refractivity (Wildman–Crippen MR) is 79.0 cm³/mol. The smallest absolute Gasteiger partial charge is 0.240 e. The van der Waals surface area contributed by atoms with Gasteiger partial charge in [-0.05, 0) is 37.3 Å². The summed E-state index contributed by atoms with van der Waals surface area (Å²) in [6.07, 6.45) is 4.65. The molecule has 0 aliphatic carbocycles. The first-order valence-electron chi connectivity index (χ1n) is 7.55. The van der Waals surface area contributed by atoms with E-state index in [9.17, 15) is 4.79 Å². The van der Waals surface area contributed by atoms with Gasteiger partial charge in [-0.25, -0.2) is 0 Å². The van der Waals surface area contributed by atoms with Gasteiger partial charge in [0.25, 0.3) is 0 Å². The fraction of sp³-hybridized carbons (Fsp3) is 0.562. The van der Waals surface area contributed by atoms with E-state index in [4.69, 9.17) is 4.74 Å². The number of para-hydroxylation sites is 1. The first-order valence-corrected chi connectivity index (χ1v) is 7.55. The maximum absolute atomic E-state index is 12.4. The van der Waals surface area contributed by atoms with Crippen molar-refractivity contribution in [2.75, 3.05) is 31.1 Å². The van der Waals surface area contributed by atoms with Crippen LogP contribution in [0.3, 0.4) is 0 Å². The molecule has 1 aromatic carbocycles. The summed E-state index contributed by atoms with van der Waals surface area (Å²) in [5, 5.41) is 3.24. The molecule has 4 heteroatoms. The highest BCUT2D eigenvalue weighted by molar-refractivity contribution is 5.95. The van der Waals surface area contributed by atoms with Crippen molar-refractivity contribution in [1.82, 2.24) is 5.32 Å². The van der Waals surface area contributed by atoms with E-state index in [-0.39, 0.29) is 12.0 Å². The molecule has 2 aliphatic rings. The second-order valence-electron chi connectivity index (χ2n) is 5.54. The number of aryl methyl sites for hydroxylation is 1. The van der Waals surface area contributed by atoms with Crippen LogP contribution in [0.15, 0.2) is 24.3 Å². The van der Waals surface area contributed by atoms with Gasteiger partial charge in [0.15, 0.2) is 0 Å². The summed E-state index contributed by atoms with van der Waals surface area (Å²) in [6, 6.07) is 8.22. The van der Waals surface area contributed by atoms with E-state index < -0.39 is 0 Å². The van der Waals surface area contributed by atoms with Gasteiger partial charge in [-0.1, -0.05) is 18.2 Å². The number of fused-ring (bicyclic) bond motifs is 1. The lowest BCUT2D eigenvalue weighted by Gasteiger charge is -2.29. The van der Waals surface area contributed by atoms with Crippen molar-refractivity contribution < 1.29 is 9.53 Å². The number of rotatable bonds is 4. The molecular formula is C16H22N2O2. The highest BCUT2D eigenvalue weighted by Gasteiger charge is 2.22. The van der Waals surface area contributed by atoms with Crippen molar-refractivity contribution >= 4 is 11.6 Å². The quantitative estimate of drug-likeness (QED) is 0.909. The van der Waals surface area contributed by atoms with Crippen molar-refractivity contribution in [1.29, 1.82) is 0 Å². The second kappa shape index (κ2) is 6.37. The summed E-state index contributed by atoms with van der Waals surface area (Å²) in [5.41, 5.74) is 2.37. The third kappa shape index (κ3) is 3.02. The molecule has 0 unspecified atom stereocenters. The number of carbonyl (C=O) groups excluding carboxylic acids is 1. The third-order valence-electron chi connectivity index (χ3n) is 4.08. The molecule has 108 valence electrons. The molecule has 0 spiro atoms. The summed E-state index contributed by atoms with van der Waals surface area (Å²) in [7, 11) is 0. The molecule has 0 saturated carbocycles. The number of amides is 1. The van der Waals surface area contributed by atoms with E-state index in [1.807, 2.05) is 23.1 Å². The van der Waals surface area contributed by atoms with Crippen LogP contribution in [0.4, 0.5) is 5.69 Å².